The molecule has 1 aliphatic rings. The summed E-state index contributed by atoms with van der Waals surface area (Å²) >= 11 is 0. The van der Waals surface area contributed by atoms with Crippen LogP contribution in [0.3, 0.4) is 0 Å². The number of nitrogens with zero attached hydrogens (tertiary/aromatic N) is 3. The van der Waals surface area contributed by atoms with Crippen molar-refractivity contribution < 1.29 is 4.42 Å². The van der Waals surface area contributed by atoms with Crippen LogP contribution in [-0.4, -0.2) is 22.6 Å². The zero-order valence-corrected chi connectivity index (χ0v) is 31.8. The molecule has 0 saturated carbocycles. The standard InChI is InChI=1S/C52H33N3OSi/c1-4-17-34(18-5-1)51-53-49(48-42-27-12-15-30-46(42)57(52(48)54-51,37-21-6-2-7-22-37)38-23-8-3-9-24-38)35-19-16-20-36(33-35)55-43-28-13-10-26-41(43)47-44(55)32-31-40-39-25-11-14-29-45(39)56-50(40)47/h1-33H. The quantitative estimate of drug-likeness (QED) is 0.165. The summed E-state index contributed by atoms with van der Waals surface area (Å²) in [6.07, 6.45) is 0. The average Bonchev–Trinajstić information content (AvgIpc) is 3.93. The maximum absolute atomic E-state index is 6.62. The molecule has 4 nitrogen and oxygen atoms in total. The van der Waals surface area contributed by atoms with Crippen LogP contribution in [0.2, 0.25) is 0 Å². The maximum Gasteiger partial charge on any atom is 0.203 e. The van der Waals surface area contributed by atoms with Gasteiger partial charge in [0.05, 0.1) is 27.4 Å². The molecule has 0 radical (unpaired) electrons. The maximum atomic E-state index is 6.62. The minimum Gasteiger partial charge on any atom is -0.455 e. The SMILES string of the molecule is c1ccc(-c2nc(-c3cccc(-n4c5ccccc5c5c6oc7ccccc7c6ccc54)c3)c3c(n2)[Si](c2ccccc2)(c2ccccc2)c2ccccc2-3)cc1. The smallest absolute Gasteiger partial charge is 0.203 e. The van der Waals surface area contributed by atoms with Gasteiger partial charge in [-0.3, -0.25) is 0 Å². The Kier molecular flexibility index (Phi) is 6.91. The van der Waals surface area contributed by atoms with E-state index in [2.05, 4.69) is 199 Å². The van der Waals surface area contributed by atoms with E-state index in [1.807, 2.05) is 6.07 Å². The van der Waals surface area contributed by atoms with Gasteiger partial charge in [-0.25, -0.2) is 9.97 Å². The van der Waals surface area contributed by atoms with E-state index in [1.165, 1.54) is 21.1 Å². The normalized spacial score (nSPS) is 13.1. The number of fused-ring (bicyclic) bond motifs is 10. The molecule has 0 atom stereocenters. The monoisotopic (exact) mass is 743 g/mol. The first-order chi connectivity index (χ1) is 28.3. The molecule has 0 spiro atoms. The van der Waals surface area contributed by atoms with Gasteiger partial charge in [-0.2, -0.15) is 0 Å². The number of aromatic nitrogens is 3. The Labute approximate surface area is 330 Å². The minimum absolute atomic E-state index is 0.732. The van der Waals surface area contributed by atoms with Crippen molar-refractivity contribution in [3.8, 4) is 39.5 Å². The number of para-hydroxylation sites is 2. The van der Waals surface area contributed by atoms with Crippen LogP contribution in [0.1, 0.15) is 0 Å². The molecule has 12 rings (SSSR count). The van der Waals surface area contributed by atoms with E-state index >= 15 is 0 Å². The van der Waals surface area contributed by atoms with Crippen LogP contribution in [0.4, 0.5) is 0 Å². The van der Waals surface area contributed by atoms with Gasteiger partial charge in [0.2, 0.25) is 8.07 Å². The molecule has 1 aliphatic heterocycles. The van der Waals surface area contributed by atoms with Crippen LogP contribution < -0.4 is 20.9 Å². The van der Waals surface area contributed by atoms with Crippen molar-refractivity contribution in [2.24, 2.45) is 0 Å². The lowest BCUT2D eigenvalue weighted by Crippen LogP contribution is -2.73. The van der Waals surface area contributed by atoms with E-state index in [0.29, 0.717) is 0 Å². The van der Waals surface area contributed by atoms with Gasteiger partial charge in [-0.05, 0) is 57.5 Å². The van der Waals surface area contributed by atoms with Crippen molar-refractivity contribution in [1.82, 2.24) is 14.5 Å². The molecule has 8 aromatic carbocycles. The molecule has 0 unspecified atom stereocenters. The molecule has 11 aromatic rings. The summed E-state index contributed by atoms with van der Waals surface area (Å²) in [5.41, 5.74) is 10.4. The highest BCUT2D eigenvalue weighted by molar-refractivity contribution is 7.21. The van der Waals surface area contributed by atoms with Crippen LogP contribution in [0, 0.1) is 0 Å². The fourth-order valence-corrected chi connectivity index (χ4v) is 14.5. The molecule has 0 aliphatic carbocycles. The van der Waals surface area contributed by atoms with Gasteiger partial charge in [-0.15, -0.1) is 0 Å². The van der Waals surface area contributed by atoms with Gasteiger partial charge in [-0.1, -0.05) is 164 Å². The molecule has 5 heteroatoms. The highest BCUT2D eigenvalue weighted by Gasteiger charge is 2.51. The second-order valence-electron chi connectivity index (χ2n) is 14.9. The third-order valence-corrected chi connectivity index (χ3v) is 16.6. The summed E-state index contributed by atoms with van der Waals surface area (Å²) in [6.45, 7) is 0. The molecule has 0 fully saturated rings. The van der Waals surface area contributed by atoms with E-state index in [1.54, 1.807) is 0 Å². The Morgan fingerprint density at radius 1 is 0.474 bits per heavy atom. The molecule has 3 aromatic heterocycles. The summed E-state index contributed by atoms with van der Waals surface area (Å²) in [7, 11) is -2.90. The molecule has 0 amide bonds. The lowest BCUT2D eigenvalue weighted by atomic mass is 10.00. The summed E-state index contributed by atoms with van der Waals surface area (Å²) < 4.78 is 9.00. The second kappa shape index (κ2) is 12.3. The zero-order chi connectivity index (χ0) is 37.5. The Morgan fingerprint density at radius 2 is 1.12 bits per heavy atom. The highest BCUT2D eigenvalue weighted by Crippen LogP contribution is 2.42. The predicted molar refractivity (Wildman–Crippen MR) is 237 cm³/mol. The van der Waals surface area contributed by atoms with Gasteiger partial charge in [0.1, 0.15) is 11.2 Å². The Balaban J connectivity index is 1.16. The van der Waals surface area contributed by atoms with Crippen LogP contribution in [-0.2, 0) is 0 Å². The van der Waals surface area contributed by atoms with Gasteiger partial charge < -0.3 is 8.98 Å². The molecule has 266 valence electrons. The Morgan fingerprint density at radius 3 is 1.91 bits per heavy atom. The van der Waals surface area contributed by atoms with E-state index < -0.39 is 8.07 Å². The zero-order valence-electron chi connectivity index (χ0n) is 30.8. The van der Waals surface area contributed by atoms with Crippen molar-refractivity contribution in [2.75, 3.05) is 0 Å². The summed E-state index contributed by atoms with van der Waals surface area (Å²) in [6, 6.07) is 71.8. The summed E-state index contributed by atoms with van der Waals surface area (Å²) in [4.78, 5) is 11.2. The number of rotatable bonds is 5. The van der Waals surface area contributed by atoms with E-state index in [9.17, 15) is 0 Å². The van der Waals surface area contributed by atoms with Crippen LogP contribution in [0.5, 0.6) is 0 Å². The first-order valence-corrected chi connectivity index (χ1v) is 21.4. The average molecular weight is 744 g/mol. The molecular formula is C52H33N3OSi. The van der Waals surface area contributed by atoms with E-state index in [4.69, 9.17) is 14.4 Å². The minimum atomic E-state index is -2.90. The third kappa shape index (κ3) is 4.55. The van der Waals surface area contributed by atoms with Gasteiger partial charge in [0.15, 0.2) is 5.82 Å². The molecule has 0 bridgehead atoms. The van der Waals surface area contributed by atoms with Crippen molar-refractivity contribution in [1.29, 1.82) is 0 Å². The van der Waals surface area contributed by atoms with Crippen LogP contribution >= 0.6 is 0 Å². The summed E-state index contributed by atoms with van der Waals surface area (Å²) in [5, 5.41) is 9.62. The molecule has 57 heavy (non-hydrogen) atoms. The van der Waals surface area contributed by atoms with Crippen molar-refractivity contribution >= 4 is 72.7 Å². The lowest BCUT2D eigenvalue weighted by molar-refractivity contribution is 0.673. The number of hydrogen-bond acceptors (Lipinski definition) is 3. The number of hydrogen-bond donors (Lipinski definition) is 0. The van der Waals surface area contributed by atoms with Crippen LogP contribution in [0.15, 0.2) is 205 Å². The largest absolute Gasteiger partial charge is 0.455 e. The first kappa shape index (κ1) is 32.0. The van der Waals surface area contributed by atoms with E-state index in [0.717, 1.165) is 83.0 Å². The first-order valence-electron chi connectivity index (χ1n) is 19.4. The number of furan rings is 1. The van der Waals surface area contributed by atoms with Crippen molar-refractivity contribution in [3.63, 3.8) is 0 Å². The van der Waals surface area contributed by atoms with Gasteiger partial charge >= 0.3 is 0 Å². The highest BCUT2D eigenvalue weighted by atomic mass is 28.3. The van der Waals surface area contributed by atoms with Gasteiger partial charge in [0, 0.05) is 38.5 Å². The topological polar surface area (TPSA) is 43.9 Å². The van der Waals surface area contributed by atoms with Crippen molar-refractivity contribution in [3.05, 3.63) is 200 Å². The predicted octanol–water partition coefficient (Wildman–Crippen LogP) is 10.2. The lowest BCUT2D eigenvalue weighted by Gasteiger charge is -2.30. The molecule has 4 heterocycles. The molecular weight excluding hydrogens is 711 g/mol. The Bertz CT molecular complexity index is 3310. The fourth-order valence-electron chi connectivity index (χ4n) is 9.50. The molecule has 0 N–H and O–H groups in total. The Hall–Kier alpha value is -7.34. The number of benzene rings is 8. The summed E-state index contributed by atoms with van der Waals surface area (Å²) in [5.74, 6) is 0.732. The van der Waals surface area contributed by atoms with Crippen LogP contribution in [0.25, 0.3) is 83.2 Å². The van der Waals surface area contributed by atoms with Crippen molar-refractivity contribution in [2.45, 2.75) is 0 Å². The van der Waals surface area contributed by atoms with Gasteiger partial charge in [0.25, 0.3) is 0 Å². The molecule has 0 saturated heterocycles. The second-order valence-corrected chi connectivity index (χ2v) is 18.5. The fraction of sp³-hybridized carbons (Fsp3) is 0. The third-order valence-electron chi connectivity index (χ3n) is 11.9. The van der Waals surface area contributed by atoms with E-state index in [-0.39, 0.29) is 0 Å².